The highest BCUT2D eigenvalue weighted by atomic mass is 31.0. The Labute approximate surface area is 199 Å². The number of benzene rings is 1. The number of halogens is 1. The van der Waals surface area contributed by atoms with Gasteiger partial charge in [0, 0.05) is 31.1 Å². The fourth-order valence-electron chi connectivity index (χ4n) is 3.92. The number of Topliss-reactive ketones (excluding diaryl/α,β-unsaturated/α-hetero) is 1. The average molecular weight is 487 g/mol. The maximum atomic E-state index is 13.3. The van der Waals surface area contributed by atoms with Gasteiger partial charge in [-0.3, -0.25) is 19.9 Å². The summed E-state index contributed by atoms with van der Waals surface area (Å²) in [7, 11) is 5.35. The minimum Gasteiger partial charge on any atom is -0.496 e. The molecule has 1 aromatic carbocycles. The molecule has 10 heteroatoms. The number of carbonyl (C=O) groups excluding carboxylic acids is 3. The largest absolute Gasteiger partial charge is 0.496 e. The molecular formula is C24H27FN3O5P. The summed E-state index contributed by atoms with van der Waals surface area (Å²) in [5.74, 6) is -3.38. The van der Waals surface area contributed by atoms with Crippen LogP contribution in [0.25, 0.3) is 0 Å². The Morgan fingerprint density at radius 2 is 1.79 bits per heavy atom. The molecule has 8 nitrogen and oxygen atoms in total. The van der Waals surface area contributed by atoms with Crippen molar-refractivity contribution >= 4 is 32.7 Å². The molecule has 2 heterocycles. The first kappa shape index (κ1) is 25.3. The van der Waals surface area contributed by atoms with Crippen molar-refractivity contribution in [2.75, 3.05) is 27.3 Å². The molecule has 1 aromatic rings. The van der Waals surface area contributed by atoms with Crippen LogP contribution in [0.5, 0.6) is 0 Å². The van der Waals surface area contributed by atoms with Gasteiger partial charge in [-0.1, -0.05) is 18.7 Å². The Balaban J connectivity index is 1.74. The Kier molecular flexibility index (Phi) is 7.67. The van der Waals surface area contributed by atoms with Gasteiger partial charge in [0.2, 0.25) is 0 Å². The second-order valence-corrected chi connectivity index (χ2v) is 9.47. The van der Waals surface area contributed by atoms with Gasteiger partial charge in [0.05, 0.1) is 19.8 Å². The number of methoxy groups -OCH3 is 2. The number of likely N-dealkylation sites (tertiary alicyclic amines) is 1. The summed E-state index contributed by atoms with van der Waals surface area (Å²) in [6.07, 6.45) is 4.89. The van der Waals surface area contributed by atoms with Crippen molar-refractivity contribution in [3.05, 3.63) is 71.5 Å². The topological polar surface area (TPSA) is 100 Å². The summed E-state index contributed by atoms with van der Waals surface area (Å²) >= 11 is 0. The zero-order valence-corrected chi connectivity index (χ0v) is 20.3. The summed E-state index contributed by atoms with van der Waals surface area (Å²) in [4.78, 5) is 39.8. The van der Waals surface area contributed by atoms with E-state index in [1.54, 1.807) is 17.0 Å². The number of hydrogen-bond donors (Lipinski definition) is 1. The molecule has 1 N–H and O–H groups in total. The SMILES string of the molecule is C=C1C=C(OC)C(C(=O)N2CCC(P)(Cc3ccc(F)cc3)CC2)=CN1C(=N)C(=O)C(=O)OC. The average Bonchev–Trinajstić information content (AvgIpc) is 2.83. The Morgan fingerprint density at radius 3 is 2.35 bits per heavy atom. The molecule has 0 saturated carbocycles. The quantitative estimate of drug-likeness (QED) is 0.218. The fourth-order valence-corrected chi connectivity index (χ4v) is 4.42. The molecule has 0 spiro atoms. The first-order chi connectivity index (χ1) is 16.1. The van der Waals surface area contributed by atoms with Gasteiger partial charge >= 0.3 is 11.8 Å². The lowest BCUT2D eigenvalue weighted by Gasteiger charge is -2.40. The van der Waals surface area contributed by atoms with Crippen molar-refractivity contribution < 1.29 is 28.2 Å². The number of nitrogens with zero attached hydrogens (tertiary/aromatic N) is 2. The molecule has 1 unspecified atom stereocenters. The van der Waals surface area contributed by atoms with Crippen molar-refractivity contribution in [1.29, 1.82) is 5.41 Å². The van der Waals surface area contributed by atoms with Gasteiger partial charge in [-0.2, -0.15) is 0 Å². The van der Waals surface area contributed by atoms with Gasteiger partial charge in [-0.15, -0.1) is 9.24 Å². The monoisotopic (exact) mass is 487 g/mol. The normalized spacial score (nSPS) is 17.5. The highest BCUT2D eigenvalue weighted by molar-refractivity contribution is 7.19. The second kappa shape index (κ2) is 10.3. The molecule has 3 rings (SSSR count). The Bertz CT molecular complexity index is 1090. The van der Waals surface area contributed by atoms with E-state index in [0.717, 1.165) is 24.0 Å². The lowest BCUT2D eigenvalue weighted by atomic mass is 9.88. The number of ether oxygens (including phenoxy) is 2. The molecule has 1 atom stereocenters. The molecule has 1 saturated heterocycles. The Hall–Kier alpha value is -3.32. The van der Waals surface area contributed by atoms with Crippen LogP contribution in [-0.4, -0.2) is 65.8 Å². The van der Waals surface area contributed by atoms with E-state index >= 15 is 0 Å². The molecule has 0 radical (unpaired) electrons. The number of hydrogen-bond acceptors (Lipinski definition) is 6. The summed E-state index contributed by atoms with van der Waals surface area (Å²) in [6.45, 7) is 4.75. The number of esters is 1. The zero-order chi connectivity index (χ0) is 25.0. The number of amidine groups is 1. The summed E-state index contributed by atoms with van der Waals surface area (Å²) in [5.41, 5.74) is 1.36. The standard InChI is InChI=1S/C24H27FN3O5P/c1-15-12-19(32-2)18(14-28(15)21(26)20(29)23(31)33-3)22(30)27-10-8-24(34,9-11-27)13-16-4-6-17(25)7-5-16/h4-7,12,14,26H,1,8-11,13,34H2,2-3H3. The van der Waals surface area contributed by atoms with Gasteiger partial charge in [-0.05, 0) is 42.1 Å². The van der Waals surface area contributed by atoms with Gasteiger partial charge < -0.3 is 14.4 Å². The number of piperidine rings is 1. The van der Waals surface area contributed by atoms with Crippen molar-refractivity contribution in [3.63, 3.8) is 0 Å². The number of ketones is 1. The van der Waals surface area contributed by atoms with Gasteiger partial charge in [-0.25, -0.2) is 9.18 Å². The number of amides is 1. The lowest BCUT2D eigenvalue weighted by Crippen LogP contribution is -2.46. The maximum absolute atomic E-state index is 13.3. The minimum atomic E-state index is -1.19. The zero-order valence-electron chi connectivity index (χ0n) is 19.1. The maximum Gasteiger partial charge on any atom is 0.382 e. The van der Waals surface area contributed by atoms with Crippen molar-refractivity contribution in [2.45, 2.75) is 24.4 Å². The summed E-state index contributed by atoms with van der Waals surface area (Å²) < 4.78 is 23.0. The number of carbonyl (C=O) groups is 3. The molecule has 1 amide bonds. The third-order valence-electron chi connectivity index (χ3n) is 5.92. The highest BCUT2D eigenvalue weighted by Crippen LogP contribution is 2.36. The summed E-state index contributed by atoms with van der Waals surface area (Å²) in [5, 5.41) is 7.95. The Morgan fingerprint density at radius 1 is 1.18 bits per heavy atom. The molecular weight excluding hydrogens is 460 g/mol. The van der Waals surface area contributed by atoms with Crippen LogP contribution in [0.15, 0.2) is 60.1 Å². The van der Waals surface area contributed by atoms with Crippen LogP contribution in [0.1, 0.15) is 18.4 Å². The van der Waals surface area contributed by atoms with Gasteiger partial charge in [0.25, 0.3) is 5.91 Å². The number of allylic oxidation sites excluding steroid dienone is 1. The summed E-state index contributed by atoms with van der Waals surface area (Å²) in [6, 6.07) is 6.43. The van der Waals surface area contributed by atoms with Gasteiger partial charge in [0.15, 0.2) is 5.84 Å². The second-order valence-electron chi connectivity index (χ2n) is 8.24. The lowest BCUT2D eigenvalue weighted by molar-refractivity contribution is -0.148. The van der Waals surface area contributed by atoms with E-state index < -0.39 is 17.6 Å². The van der Waals surface area contributed by atoms with Crippen LogP contribution in [0, 0.1) is 11.2 Å². The first-order valence-corrected chi connectivity index (χ1v) is 11.2. The van der Waals surface area contributed by atoms with E-state index in [-0.39, 0.29) is 33.9 Å². The molecule has 1 fully saturated rings. The molecule has 2 aliphatic rings. The van der Waals surface area contributed by atoms with Crippen molar-refractivity contribution in [2.24, 2.45) is 0 Å². The molecule has 2 aliphatic heterocycles. The fraction of sp³-hybridized carbons (Fsp3) is 0.333. The molecule has 0 aromatic heterocycles. The van der Waals surface area contributed by atoms with E-state index in [4.69, 9.17) is 10.1 Å². The highest BCUT2D eigenvalue weighted by Gasteiger charge is 2.36. The van der Waals surface area contributed by atoms with Crippen LogP contribution in [0.3, 0.4) is 0 Å². The van der Waals surface area contributed by atoms with Crippen LogP contribution in [-0.2, 0) is 30.3 Å². The van der Waals surface area contributed by atoms with Crippen molar-refractivity contribution in [3.8, 4) is 0 Å². The smallest absolute Gasteiger partial charge is 0.382 e. The van der Waals surface area contributed by atoms with E-state index in [9.17, 15) is 18.8 Å². The number of nitrogens with one attached hydrogen (secondary N) is 1. The van der Waals surface area contributed by atoms with Gasteiger partial charge in [0.1, 0.15) is 11.6 Å². The van der Waals surface area contributed by atoms with Crippen LogP contribution in [0.2, 0.25) is 0 Å². The molecule has 34 heavy (non-hydrogen) atoms. The van der Waals surface area contributed by atoms with Crippen LogP contribution >= 0.6 is 9.24 Å². The third kappa shape index (κ3) is 5.42. The minimum absolute atomic E-state index is 0.120. The van der Waals surface area contributed by atoms with E-state index in [0.29, 0.717) is 25.9 Å². The third-order valence-corrected chi connectivity index (χ3v) is 6.71. The predicted octanol–water partition coefficient (Wildman–Crippen LogP) is 2.57. The predicted molar refractivity (Wildman–Crippen MR) is 127 cm³/mol. The number of rotatable bonds is 6. The van der Waals surface area contributed by atoms with Crippen LogP contribution < -0.4 is 0 Å². The molecule has 180 valence electrons. The van der Waals surface area contributed by atoms with E-state index in [1.807, 2.05) is 0 Å². The van der Waals surface area contributed by atoms with E-state index in [1.165, 1.54) is 31.5 Å². The first-order valence-electron chi connectivity index (χ1n) is 10.6. The van der Waals surface area contributed by atoms with Crippen LogP contribution in [0.4, 0.5) is 4.39 Å². The van der Waals surface area contributed by atoms with E-state index in [2.05, 4.69) is 20.6 Å². The molecule has 0 bridgehead atoms. The van der Waals surface area contributed by atoms with Crippen molar-refractivity contribution in [1.82, 2.24) is 9.80 Å². The molecule has 0 aliphatic carbocycles.